The van der Waals surface area contributed by atoms with Gasteiger partial charge in [-0.15, -0.1) is 11.8 Å². The maximum atomic E-state index is 10.0. The molecule has 0 amide bonds. The summed E-state index contributed by atoms with van der Waals surface area (Å²) < 4.78 is 2.00. The lowest BCUT2D eigenvalue weighted by molar-refractivity contribution is 0.188. The molecule has 0 saturated carbocycles. The molecule has 102 valence electrons. The minimum atomic E-state index is -0.290. The molecule has 2 rings (SSSR count). The number of aliphatic hydroxyl groups is 1. The molecule has 0 bridgehead atoms. The van der Waals surface area contributed by atoms with Crippen molar-refractivity contribution in [1.82, 2.24) is 9.55 Å². The Balaban J connectivity index is 1.76. The molecule has 0 radical (unpaired) electrons. The number of aliphatic hydroxyl groups excluding tert-OH is 1. The van der Waals surface area contributed by atoms with E-state index in [0.29, 0.717) is 0 Å². The molecule has 3 nitrogen and oxygen atoms in total. The van der Waals surface area contributed by atoms with Crippen LogP contribution in [0.25, 0.3) is 0 Å². The van der Waals surface area contributed by atoms with Crippen LogP contribution < -0.4 is 0 Å². The van der Waals surface area contributed by atoms with Crippen LogP contribution in [0.3, 0.4) is 0 Å². The number of aromatic nitrogens is 2. The minimum absolute atomic E-state index is 0.290. The summed E-state index contributed by atoms with van der Waals surface area (Å²) in [5.74, 6) is 1.76. The Kier molecular flexibility index (Phi) is 5.05. The molecular formula is C15H20N2OS. The van der Waals surface area contributed by atoms with Crippen molar-refractivity contribution >= 4 is 11.8 Å². The van der Waals surface area contributed by atoms with Crippen LogP contribution in [0.5, 0.6) is 0 Å². The lowest BCUT2D eigenvalue weighted by Crippen LogP contribution is -2.12. The van der Waals surface area contributed by atoms with E-state index in [-0.39, 0.29) is 6.10 Å². The lowest BCUT2D eigenvalue weighted by Gasteiger charge is -2.10. The second-order valence-electron chi connectivity index (χ2n) is 4.77. The SMILES string of the molecule is Cc1cccc(SCC(O)CCc2nccn2C)c1. The summed E-state index contributed by atoms with van der Waals surface area (Å²) in [6.07, 6.45) is 5.01. The Labute approximate surface area is 118 Å². The molecule has 2 aromatic rings. The fourth-order valence-electron chi connectivity index (χ4n) is 1.91. The number of hydrogen-bond donors (Lipinski definition) is 1. The third kappa shape index (κ3) is 4.40. The highest BCUT2D eigenvalue weighted by atomic mass is 32.2. The monoisotopic (exact) mass is 276 g/mol. The Hall–Kier alpha value is -1.26. The van der Waals surface area contributed by atoms with Crippen LogP contribution in [0.4, 0.5) is 0 Å². The van der Waals surface area contributed by atoms with Crippen LogP contribution in [0.1, 0.15) is 17.8 Å². The number of rotatable bonds is 6. The van der Waals surface area contributed by atoms with E-state index in [2.05, 4.69) is 36.2 Å². The van der Waals surface area contributed by atoms with Gasteiger partial charge < -0.3 is 9.67 Å². The van der Waals surface area contributed by atoms with E-state index in [0.717, 1.165) is 24.4 Å². The van der Waals surface area contributed by atoms with Gasteiger partial charge in [-0.3, -0.25) is 0 Å². The van der Waals surface area contributed by atoms with Gasteiger partial charge in [0.1, 0.15) is 5.82 Å². The maximum Gasteiger partial charge on any atom is 0.108 e. The highest BCUT2D eigenvalue weighted by Crippen LogP contribution is 2.20. The van der Waals surface area contributed by atoms with E-state index < -0.39 is 0 Å². The third-order valence-electron chi connectivity index (χ3n) is 3.05. The highest BCUT2D eigenvalue weighted by molar-refractivity contribution is 7.99. The van der Waals surface area contributed by atoms with E-state index in [4.69, 9.17) is 0 Å². The van der Waals surface area contributed by atoms with E-state index in [1.165, 1.54) is 10.5 Å². The molecule has 1 heterocycles. The Morgan fingerprint density at radius 1 is 1.42 bits per heavy atom. The second-order valence-corrected chi connectivity index (χ2v) is 5.87. The third-order valence-corrected chi connectivity index (χ3v) is 4.19. The number of aryl methyl sites for hydroxylation is 3. The zero-order valence-corrected chi connectivity index (χ0v) is 12.2. The van der Waals surface area contributed by atoms with Crippen molar-refractivity contribution in [1.29, 1.82) is 0 Å². The largest absolute Gasteiger partial charge is 0.392 e. The molecule has 1 aromatic heterocycles. The molecule has 1 atom stereocenters. The van der Waals surface area contributed by atoms with Gasteiger partial charge in [0.2, 0.25) is 0 Å². The summed E-state index contributed by atoms with van der Waals surface area (Å²) in [5, 5.41) is 10.0. The fraction of sp³-hybridized carbons (Fsp3) is 0.400. The molecule has 4 heteroatoms. The second kappa shape index (κ2) is 6.78. The predicted molar refractivity (Wildman–Crippen MR) is 79.4 cm³/mol. The van der Waals surface area contributed by atoms with Crippen LogP contribution >= 0.6 is 11.8 Å². The number of hydrogen-bond acceptors (Lipinski definition) is 3. The molecule has 0 saturated heterocycles. The van der Waals surface area contributed by atoms with Gasteiger partial charge in [-0.25, -0.2) is 4.98 Å². The molecule has 0 aliphatic heterocycles. The summed E-state index contributed by atoms with van der Waals surface area (Å²) >= 11 is 1.71. The normalized spacial score (nSPS) is 12.6. The molecule has 19 heavy (non-hydrogen) atoms. The quantitative estimate of drug-likeness (QED) is 0.825. The first-order valence-electron chi connectivity index (χ1n) is 6.49. The number of nitrogens with zero attached hydrogens (tertiary/aromatic N) is 2. The van der Waals surface area contributed by atoms with Crippen LogP contribution in [0.15, 0.2) is 41.6 Å². The maximum absolute atomic E-state index is 10.0. The zero-order valence-electron chi connectivity index (χ0n) is 11.4. The van der Waals surface area contributed by atoms with Gasteiger partial charge in [0.05, 0.1) is 6.10 Å². The van der Waals surface area contributed by atoms with Crippen LogP contribution in [-0.2, 0) is 13.5 Å². The fourth-order valence-corrected chi connectivity index (χ4v) is 2.91. The van der Waals surface area contributed by atoms with E-state index in [9.17, 15) is 5.11 Å². The van der Waals surface area contributed by atoms with Gasteiger partial charge in [-0.05, 0) is 25.5 Å². The zero-order chi connectivity index (χ0) is 13.7. The molecule has 0 aliphatic carbocycles. The van der Waals surface area contributed by atoms with Crippen molar-refractivity contribution in [2.45, 2.75) is 30.8 Å². The van der Waals surface area contributed by atoms with Crippen LogP contribution in [0, 0.1) is 6.92 Å². The molecule has 0 fully saturated rings. The van der Waals surface area contributed by atoms with Crippen molar-refractivity contribution in [3.63, 3.8) is 0 Å². The Morgan fingerprint density at radius 2 is 2.26 bits per heavy atom. The van der Waals surface area contributed by atoms with Crippen molar-refractivity contribution in [2.24, 2.45) is 7.05 Å². The number of benzene rings is 1. The van der Waals surface area contributed by atoms with Crippen molar-refractivity contribution in [2.75, 3.05) is 5.75 Å². The molecule has 1 N–H and O–H groups in total. The van der Waals surface area contributed by atoms with E-state index >= 15 is 0 Å². The average Bonchev–Trinajstić information content (AvgIpc) is 2.80. The molecule has 1 aromatic carbocycles. The molecular weight excluding hydrogens is 256 g/mol. The average molecular weight is 276 g/mol. The van der Waals surface area contributed by atoms with Crippen molar-refractivity contribution in [3.8, 4) is 0 Å². The molecule has 1 unspecified atom stereocenters. The Morgan fingerprint density at radius 3 is 2.95 bits per heavy atom. The topological polar surface area (TPSA) is 38.1 Å². The van der Waals surface area contributed by atoms with Gasteiger partial charge >= 0.3 is 0 Å². The highest BCUT2D eigenvalue weighted by Gasteiger charge is 2.08. The van der Waals surface area contributed by atoms with Crippen molar-refractivity contribution in [3.05, 3.63) is 48.0 Å². The first-order valence-corrected chi connectivity index (χ1v) is 7.47. The summed E-state index contributed by atoms with van der Waals surface area (Å²) in [5.41, 5.74) is 1.26. The smallest absolute Gasteiger partial charge is 0.108 e. The Bertz CT molecular complexity index is 524. The summed E-state index contributed by atoms with van der Waals surface area (Å²) in [6, 6.07) is 8.37. The summed E-state index contributed by atoms with van der Waals surface area (Å²) in [6.45, 7) is 2.08. The standard InChI is InChI=1S/C15H20N2OS/c1-12-4-3-5-14(10-12)19-11-13(18)6-7-15-16-8-9-17(15)2/h3-5,8-10,13,18H,6-7,11H2,1-2H3. The number of imidazole rings is 1. The number of thioether (sulfide) groups is 1. The van der Waals surface area contributed by atoms with Gasteiger partial charge in [0.25, 0.3) is 0 Å². The van der Waals surface area contributed by atoms with Gasteiger partial charge in [-0.1, -0.05) is 17.7 Å². The summed E-state index contributed by atoms with van der Waals surface area (Å²) in [7, 11) is 1.98. The van der Waals surface area contributed by atoms with Crippen LogP contribution in [0.2, 0.25) is 0 Å². The first kappa shape index (κ1) is 14.2. The molecule has 0 spiro atoms. The van der Waals surface area contributed by atoms with Gasteiger partial charge in [0, 0.05) is 36.5 Å². The first-order chi connectivity index (χ1) is 9.15. The van der Waals surface area contributed by atoms with E-state index in [1.54, 1.807) is 18.0 Å². The van der Waals surface area contributed by atoms with Crippen molar-refractivity contribution < 1.29 is 5.11 Å². The van der Waals surface area contributed by atoms with Crippen LogP contribution in [-0.4, -0.2) is 26.5 Å². The van der Waals surface area contributed by atoms with Gasteiger partial charge in [0.15, 0.2) is 0 Å². The van der Waals surface area contributed by atoms with E-state index in [1.807, 2.05) is 17.8 Å². The minimum Gasteiger partial charge on any atom is -0.392 e. The predicted octanol–water partition coefficient (Wildman–Crippen LogP) is 2.81. The lowest BCUT2D eigenvalue weighted by atomic mass is 10.2. The van der Waals surface area contributed by atoms with Gasteiger partial charge in [-0.2, -0.15) is 0 Å². The molecule has 0 aliphatic rings. The summed E-state index contributed by atoms with van der Waals surface area (Å²) in [4.78, 5) is 5.48.